The van der Waals surface area contributed by atoms with Crippen molar-refractivity contribution in [2.75, 3.05) is 23.5 Å². The van der Waals surface area contributed by atoms with E-state index in [-0.39, 0.29) is 11.7 Å². The SMILES string of the molecule is CCc1ccc(NC(=O)CSc2nnc(Nc3cccc(OC)c3)s2)cc1. The van der Waals surface area contributed by atoms with Gasteiger partial charge < -0.3 is 15.4 Å². The summed E-state index contributed by atoms with van der Waals surface area (Å²) in [5.41, 5.74) is 2.91. The van der Waals surface area contributed by atoms with Crippen LogP contribution in [0.5, 0.6) is 5.75 Å². The van der Waals surface area contributed by atoms with Crippen molar-refractivity contribution in [3.05, 3.63) is 54.1 Å². The molecular formula is C19H20N4O2S2. The zero-order chi connectivity index (χ0) is 19.1. The van der Waals surface area contributed by atoms with E-state index < -0.39 is 0 Å². The number of aryl methyl sites for hydroxylation is 1. The average Bonchev–Trinajstić information content (AvgIpc) is 3.14. The fourth-order valence-electron chi connectivity index (χ4n) is 2.29. The largest absolute Gasteiger partial charge is 0.497 e. The number of amides is 1. The first-order valence-electron chi connectivity index (χ1n) is 8.42. The Morgan fingerprint density at radius 2 is 1.96 bits per heavy atom. The van der Waals surface area contributed by atoms with E-state index in [1.54, 1.807) is 7.11 Å². The molecule has 0 atom stereocenters. The van der Waals surface area contributed by atoms with Gasteiger partial charge in [-0.05, 0) is 36.2 Å². The second-order valence-corrected chi connectivity index (χ2v) is 7.82. The normalized spacial score (nSPS) is 10.4. The Hall–Kier alpha value is -2.58. The number of benzene rings is 2. The number of aromatic nitrogens is 2. The fraction of sp³-hybridized carbons (Fsp3) is 0.211. The Morgan fingerprint density at radius 1 is 1.15 bits per heavy atom. The molecule has 0 aliphatic carbocycles. The first kappa shape index (κ1) is 19.2. The molecule has 0 fully saturated rings. The van der Waals surface area contributed by atoms with Crippen LogP contribution in [-0.4, -0.2) is 29.0 Å². The molecule has 0 unspecified atom stereocenters. The summed E-state index contributed by atoms with van der Waals surface area (Å²) in [5.74, 6) is 0.980. The molecule has 27 heavy (non-hydrogen) atoms. The van der Waals surface area contributed by atoms with Crippen LogP contribution in [0.4, 0.5) is 16.5 Å². The third-order valence-corrected chi connectivity index (χ3v) is 5.67. The molecule has 2 aromatic carbocycles. The molecule has 0 aliphatic rings. The lowest BCUT2D eigenvalue weighted by molar-refractivity contribution is -0.113. The third-order valence-electron chi connectivity index (χ3n) is 3.70. The van der Waals surface area contributed by atoms with E-state index in [0.29, 0.717) is 5.13 Å². The van der Waals surface area contributed by atoms with Gasteiger partial charge in [0.05, 0.1) is 12.9 Å². The maximum atomic E-state index is 12.1. The van der Waals surface area contributed by atoms with Crippen LogP contribution in [0.15, 0.2) is 52.9 Å². The van der Waals surface area contributed by atoms with Crippen molar-refractivity contribution in [3.63, 3.8) is 0 Å². The monoisotopic (exact) mass is 400 g/mol. The number of carbonyl (C=O) groups excluding carboxylic acids is 1. The molecule has 3 rings (SSSR count). The quantitative estimate of drug-likeness (QED) is 0.539. The van der Waals surface area contributed by atoms with Gasteiger partial charge in [0.25, 0.3) is 0 Å². The van der Waals surface area contributed by atoms with Crippen LogP contribution in [0.25, 0.3) is 0 Å². The zero-order valence-electron chi connectivity index (χ0n) is 15.1. The van der Waals surface area contributed by atoms with Gasteiger partial charge in [-0.2, -0.15) is 0 Å². The predicted molar refractivity (Wildman–Crippen MR) is 111 cm³/mol. The molecule has 1 amide bonds. The highest BCUT2D eigenvalue weighted by Crippen LogP contribution is 2.28. The number of nitrogens with zero attached hydrogens (tertiary/aromatic N) is 2. The first-order valence-corrected chi connectivity index (χ1v) is 10.2. The summed E-state index contributed by atoms with van der Waals surface area (Å²) in [6, 6.07) is 15.5. The number of rotatable bonds is 8. The Morgan fingerprint density at radius 3 is 2.70 bits per heavy atom. The molecule has 2 N–H and O–H groups in total. The minimum atomic E-state index is -0.0678. The fourth-order valence-corrected chi connectivity index (χ4v) is 3.86. The van der Waals surface area contributed by atoms with E-state index in [1.807, 2.05) is 48.5 Å². The van der Waals surface area contributed by atoms with Crippen molar-refractivity contribution >= 4 is 45.5 Å². The minimum Gasteiger partial charge on any atom is -0.497 e. The molecule has 0 radical (unpaired) electrons. The highest BCUT2D eigenvalue weighted by atomic mass is 32.2. The molecule has 1 aromatic heterocycles. The maximum absolute atomic E-state index is 12.1. The molecule has 0 bridgehead atoms. The van der Waals surface area contributed by atoms with Crippen molar-refractivity contribution in [3.8, 4) is 5.75 Å². The number of nitrogens with one attached hydrogen (secondary N) is 2. The van der Waals surface area contributed by atoms with Gasteiger partial charge >= 0.3 is 0 Å². The summed E-state index contributed by atoms with van der Waals surface area (Å²) in [5, 5.41) is 15.0. The third kappa shape index (κ3) is 5.70. The number of thioether (sulfide) groups is 1. The summed E-state index contributed by atoms with van der Waals surface area (Å²) in [6.45, 7) is 2.10. The topological polar surface area (TPSA) is 76.1 Å². The van der Waals surface area contributed by atoms with Crippen molar-refractivity contribution in [2.24, 2.45) is 0 Å². The average molecular weight is 401 g/mol. The summed E-state index contributed by atoms with van der Waals surface area (Å²) < 4.78 is 5.94. The van der Waals surface area contributed by atoms with E-state index in [0.717, 1.165) is 27.9 Å². The van der Waals surface area contributed by atoms with E-state index in [1.165, 1.54) is 28.7 Å². The number of ether oxygens (including phenoxy) is 1. The van der Waals surface area contributed by atoms with Gasteiger partial charge in [0.2, 0.25) is 11.0 Å². The van der Waals surface area contributed by atoms with Crippen molar-refractivity contribution in [1.82, 2.24) is 10.2 Å². The number of carbonyl (C=O) groups is 1. The van der Waals surface area contributed by atoms with Crippen LogP contribution in [0.2, 0.25) is 0 Å². The van der Waals surface area contributed by atoms with Crippen molar-refractivity contribution < 1.29 is 9.53 Å². The Kier molecular flexibility index (Phi) is 6.67. The van der Waals surface area contributed by atoms with Crippen LogP contribution in [0.3, 0.4) is 0 Å². The molecular weight excluding hydrogens is 380 g/mol. The van der Waals surface area contributed by atoms with Crippen LogP contribution in [0, 0.1) is 0 Å². The standard InChI is InChI=1S/C19H20N4O2S2/c1-3-13-7-9-14(10-8-13)20-17(24)12-26-19-23-22-18(27-19)21-15-5-4-6-16(11-15)25-2/h4-11H,3,12H2,1-2H3,(H,20,24)(H,21,22). The predicted octanol–water partition coefficient (Wildman–Crippen LogP) is 4.58. The van der Waals surface area contributed by atoms with Crippen LogP contribution < -0.4 is 15.4 Å². The van der Waals surface area contributed by atoms with E-state index in [9.17, 15) is 4.79 Å². The number of anilines is 3. The van der Waals surface area contributed by atoms with E-state index in [4.69, 9.17) is 4.74 Å². The highest BCUT2D eigenvalue weighted by molar-refractivity contribution is 8.01. The molecule has 1 heterocycles. The lowest BCUT2D eigenvalue weighted by Crippen LogP contribution is -2.13. The van der Waals surface area contributed by atoms with Crippen molar-refractivity contribution in [2.45, 2.75) is 17.7 Å². The van der Waals surface area contributed by atoms with Crippen LogP contribution >= 0.6 is 23.1 Å². The highest BCUT2D eigenvalue weighted by Gasteiger charge is 2.09. The Labute approximate surface area is 166 Å². The molecule has 140 valence electrons. The number of hydrogen-bond acceptors (Lipinski definition) is 7. The second-order valence-electron chi connectivity index (χ2n) is 5.62. The zero-order valence-corrected chi connectivity index (χ0v) is 16.7. The first-order chi connectivity index (χ1) is 13.2. The minimum absolute atomic E-state index is 0.0678. The van der Waals surface area contributed by atoms with Gasteiger partial charge in [0, 0.05) is 17.4 Å². The molecule has 0 aliphatic heterocycles. The van der Waals surface area contributed by atoms with Crippen LogP contribution in [0.1, 0.15) is 12.5 Å². The van der Waals surface area contributed by atoms with Gasteiger partial charge in [-0.15, -0.1) is 10.2 Å². The molecule has 0 spiro atoms. The number of hydrogen-bond donors (Lipinski definition) is 2. The second kappa shape index (κ2) is 9.38. The lowest BCUT2D eigenvalue weighted by atomic mass is 10.1. The Bertz CT molecular complexity index is 897. The molecule has 3 aromatic rings. The summed E-state index contributed by atoms with van der Waals surface area (Å²) in [6.07, 6.45) is 0.979. The van der Waals surface area contributed by atoms with Gasteiger partial charge in [-0.25, -0.2) is 0 Å². The molecule has 0 saturated carbocycles. The lowest BCUT2D eigenvalue weighted by Gasteiger charge is -2.05. The number of methoxy groups -OCH3 is 1. The van der Waals surface area contributed by atoms with Crippen LogP contribution in [-0.2, 0) is 11.2 Å². The van der Waals surface area contributed by atoms with Gasteiger partial charge in [0.1, 0.15) is 5.75 Å². The van der Waals surface area contributed by atoms with E-state index in [2.05, 4.69) is 27.8 Å². The molecule has 8 heteroatoms. The molecule has 6 nitrogen and oxygen atoms in total. The van der Waals surface area contributed by atoms with Gasteiger partial charge in [-0.1, -0.05) is 48.2 Å². The summed E-state index contributed by atoms with van der Waals surface area (Å²) >= 11 is 2.77. The Balaban J connectivity index is 1.50. The smallest absolute Gasteiger partial charge is 0.234 e. The maximum Gasteiger partial charge on any atom is 0.234 e. The summed E-state index contributed by atoms with van der Waals surface area (Å²) in [7, 11) is 1.63. The van der Waals surface area contributed by atoms with Gasteiger partial charge in [0.15, 0.2) is 4.34 Å². The van der Waals surface area contributed by atoms with Crippen molar-refractivity contribution in [1.29, 1.82) is 0 Å². The van der Waals surface area contributed by atoms with E-state index >= 15 is 0 Å². The summed E-state index contributed by atoms with van der Waals surface area (Å²) in [4.78, 5) is 12.1. The van der Waals surface area contributed by atoms with Gasteiger partial charge in [-0.3, -0.25) is 4.79 Å². The molecule has 0 saturated heterocycles.